The van der Waals surface area contributed by atoms with Crippen LogP contribution in [0.1, 0.15) is 25.6 Å². The molecule has 0 aliphatic carbocycles. The van der Waals surface area contributed by atoms with Crippen LogP contribution >= 0.6 is 0 Å². The van der Waals surface area contributed by atoms with E-state index in [4.69, 9.17) is 0 Å². The maximum absolute atomic E-state index is 2.52. The summed E-state index contributed by atoms with van der Waals surface area (Å²) in [7, 11) is 8.52. The second kappa shape index (κ2) is 6.66. The molecule has 0 N–H and O–H groups in total. The van der Waals surface area contributed by atoms with Crippen LogP contribution < -0.4 is 21.7 Å². The van der Waals surface area contributed by atoms with Crippen molar-refractivity contribution in [1.29, 1.82) is 0 Å². The Labute approximate surface area is 178 Å². The Morgan fingerprint density at radius 1 is 1.07 bits per heavy atom. The van der Waals surface area contributed by atoms with E-state index in [0.717, 1.165) is 0 Å². The first kappa shape index (κ1) is 19.6. The van der Waals surface area contributed by atoms with Gasteiger partial charge in [-0.3, -0.25) is 9.48 Å². The van der Waals surface area contributed by atoms with Crippen LogP contribution in [-0.4, -0.2) is 59.1 Å². The molecule has 2 aromatic rings. The van der Waals surface area contributed by atoms with Crippen LogP contribution in [0.25, 0.3) is 11.2 Å². The molecule has 0 amide bonds. The van der Waals surface area contributed by atoms with Crippen molar-refractivity contribution in [2.75, 3.05) is 33.1 Å². The lowest BCUT2D eigenvalue weighted by Crippen LogP contribution is -3.00. The highest BCUT2D eigenvalue weighted by atomic mass is 35.5. The molecule has 3 aliphatic heterocycles. The molecule has 2 atom stereocenters. The van der Waals surface area contributed by atoms with Crippen molar-refractivity contribution in [3.8, 4) is 0 Å². The van der Waals surface area contributed by atoms with Crippen molar-refractivity contribution in [3.63, 3.8) is 0 Å². The fourth-order valence-corrected chi connectivity index (χ4v) is 4.98. The van der Waals surface area contributed by atoms with Gasteiger partial charge in [0, 0.05) is 0 Å². The largest absolute Gasteiger partial charge is 1.00 e. The Kier molecular flexibility index (Phi) is 4.50. The number of nitrogens with zero attached hydrogens (tertiary/aromatic N) is 6. The summed E-state index contributed by atoms with van der Waals surface area (Å²) in [4.78, 5) is 7.13. The third-order valence-corrected chi connectivity index (χ3v) is 6.11. The van der Waals surface area contributed by atoms with Crippen LogP contribution in [0.2, 0.25) is 0 Å². The third-order valence-electron chi connectivity index (χ3n) is 6.11. The highest BCUT2D eigenvalue weighted by Gasteiger charge is 2.58. The Hall–Kier alpha value is -2.73. The first-order valence-corrected chi connectivity index (χ1v) is 9.80. The van der Waals surface area contributed by atoms with Gasteiger partial charge in [0.05, 0.1) is 40.6 Å². The quantitative estimate of drug-likeness (QED) is 0.577. The number of halogens is 1. The van der Waals surface area contributed by atoms with E-state index in [-0.39, 0.29) is 24.5 Å². The number of hydrogen-bond donors (Lipinski definition) is 0. The summed E-state index contributed by atoms with van der Waals surface area (Å²) in [5.41, 5.74) is 5.17. The molecule has 2 unspecified atom stereocenters. The average molecular weight is 412 g/mol. The van der Waals surface area contributed by atoms with Crippen LogP contribution in [0.3, 0.4) is 0 Å². The SMILES string of the molecule is CC1=C(C)n2c(c3cccc[n+]3c2N(C)C)C2C3C=CC=CN3C(=[N+](C)C)N12.[Cl-]. The molecule has 3 aliphatic rings. The lowest BCUT2D eigenvalue weighted by molar-refractivity contribution is -0.497. The van der Waals surface area contributed by atoms with E-state index >= 15 is 0 Å². The summed E-state index contributed by atoms with van der Waals surface area (Å²) in [6.45, 7) is 4.48. The maximum atomic E-state index is 2.52. The number of rotatable bonds is 1. The monoisotopic (exact) mass is 411 g/mol. The minimum absolute atomic E-state index is 0. The van der Waals surface area contributed by atoms with E-state index in [9.17, 15) is 0 Å². The van der Waals surface area contributed by atoms with Crippen LogP contribution in [0.15, 0.2) is 54.5 Å². The number of anilines is 1. The molecule has 1 fully saturated rings. The Balaban J connectivity index is 0.00000205. The Bertz CT molecular complexity index is 1120. The molecule has 0 bridgehead atoms. The first-order chi connectivity index (χ1) is 13.4. The van der Waals surface area contributed by atoms with Gasteiger partial charge in [0.25, 0.3) is 0 Å². The van der Waals surface area contributed by atoms with Gasteiger partial charge in [0.2, 0.25) is 0 Å². The first-order valence-electron chi connectivity index (χ1n) is 9.80. The third kappa shape index (κ3) is 2.42. The van der Waals surface area contributed by atoms with E-state index in [2.05, 4.69) is 119 Å². The molecule has 5 rings (SSSR count). The van der Waals surface area contributed by atoms with Gasteiger partial charge in [-0.1, -0.05) is 12.1 Å². The standard InChI is InChI=1S/C22H28N6.ClH/c1-15-16(2)28-20(18-12-8-10-14-26(18)22(28)24(5)6)19-17-11-7-9-13-25(17)21(23(3)4)27(15)19;/h7-14,17,19H,1-6H3;1H/q+2;/p-1. The number of guanidine groups is 1. The Morgan fingerprint density at radius 3 is 2.52 bits per heavy atom. The van der Waals surface area contributed by atoms with E-state index in [1.165, 1.54) is 34.5 Å². The van der Waals surface area contributed by atoms with Crippen molar-refractivity contribution in [2.24, 2.45) is 0 Å². The van der Waals surface area contributed by atoms with Crippen LogP contribution in [0.5, 0.6) is 0 Å². The number of fused-ring (bicyclic) bond motifs is 7. The predicted molar refractivity (Wildman–Crippen MR) is 112 cm³/mol. The van der Waals surface area contributed by atoms with Gasteiger partial charge < -0.3 is 12.4 Å². The van der Waals surface area contributed by atoms with Gasteiger partial charge >= 0.3 is 11.9 Å². The fourth-order valence-electron chi connectivity index (χ4n) is 4.98. The molecule has 29 heavy (non-hydrogen) atoms. The van der Waals surface area contributed by atoms with Gasteiger partial charge in [-0.15, -0.1) is 0 Å². The summed E-state index contributed by atoms with van der Waals surface area (Å²) >= 11 is 0. The highest BCUT2D eigenvalue weighted by Crippen LogP contribution is 2.47. The van der Waals surface area contributed by atoms with Gasteiger partial charge in [-0.2, -0.15) is 4.57 Å². The molecule has 152 valence electrons. The lowest BCUT2D eigenvalue weighted by atomic mass is 9.99. The van der Waals surface area contributed by atoms with E-state index in [0.29, 0.717) is 0 Å². The number of hydrogen-bond acceptors (Lipinski definition) is 1. The second-order valence-electron chi connectivity index (χ2n) is 8.18. The lowest BCUT2D eigenvalue weighted by Gasteiger charge is -2.28. The highest BCUT2D eigenvalue weighted by molar-refractivity contribution is 5.86. The average Bonchev–Trinajstić information content (AvgIpc) is 3.19. The minimum atomic E-state index is 0. The van der Waals surface area contributed by atoms with E-state index in [1.807, 2.05) is 0 Å². The van der Waals surface area contributed by atoms with Crippen LogP contribution in [-0.2, 0) is 0 Å². The molecule has 6 nitrogen and oxygen atoms in total. The summed E-state index contributed by atoms with van der Waals surface area (Å²) in [5.74, 6) is 2.41. The van der Waals surface area contributed by atoms with Gasteiger partial charge in [0.1, 0.15) is 23.0 Å². The number of imidazole rings is 1. The molecule has 7 heteroatoms. The van der Waals surface area contributed by atoms with E-state index in [1.54, 1.807) is 0 Å². The van der Waals surface area contributed by atoms with Crippen molar-refractivity contribution >= 4 is 23.1 Å². The normalized spacial score (nSPS) is 21.9. The second-order valence-corrected chi connectivity index (χ2v) is 8.18. The molecule has 2 aromatic heterocycles. The maximum Gasteiger partial charge on any atom is 0.369 e. The molecular formula is C22H28ClN6+. The molecule has 0 aromatic carbocycles. The molecule has 0 radical (unpaired) electrons. The van der Waals surface area contributed by atoms with Crippen LogP contribution in [0, 0.1) is 0 Å². The predicted octanol–water partition coefficient (Wildman–Crippen LogP) is -0.742. The number of allylic oxidation sites excluding steroid dienone is 4. The molecule has 1 saturated heterocycles. The van der Waals surface area contributed by atoms with Crippen molar-refractivity contribution in [3.05, 3.63) is 60.2 Å². The molecule has 5 heterocycles. The summed E-state index contributed by atoms with van der Waals surface area (Å²) in [6.07, 6.45) is 11.0. The summed E-state index contributed by atoms with van der Waals surface area (Å²) in [6, 6.07) is 6.97. The van der Waals surface area contributed by atoms with Crippen molar-refractivity contribution in [1.82, 2.24) is 14.4 Å². The Morgan fingerprint density at radius 2 is 1.83 bits per heavy atom. The topological polar surface area (TPSA) is 21.8 Å². The fraction of sp³-hybridized carbons (Fsp3) is 0.364. The van der Waals surface area contributed by atoms with Gasteiger partial charge in [0.15, 0.2) is 11.7 Å². The van der Waals surface area contributed by atoms with Crippen molar-refractivity contribution in [2.45, 2.75) is 25.9 Å². The smallest absolute Gasteiger partial charge is 0.369 e. The minimum Gasteiger partial charge on any atom is -1.00 e. The number of pyridine rings is 1. The number of aromatic nitrogens is 2. The summed E-state index contributed by atoms with van der Waals surface area (Å²) in [5, 5.41) is 0. The molecular weight excluding hydrogens is 384 g/mol. The van der Waals surface area contributed by atoms with Crippen molar-refractivity contribution < 1.29 is 21.4 Å². The van der Waals surface area contributed by atoms with E-state index < -0.39 is 0 Å². The molecule has 0 spiro atoms. The van der Waals surface area contributed by atoms with Crippen LogP contribution in [0.4, 0.5) is 5.95 Å². The zero-order valence-electron chi connectivity index (χ0n) is 17.8. The zero-order valence-corrected chi connectivity index (χ0v) is 18.6. The molecule has 0 saturated carbocycles. The zero-order chi connectivity index (χ0) is 19.7. The van der Waals surface area contributed by atoms with Gasteiger partial charge in [-0.25, -0.2) is 14.2 Å². The van der Waals surface area contributed by atoms with Gasteiger partial charge in [-0.05, 0) is 38.1 Å². The summed E-state index contributed by atoms with van der Waals surface area (Å²) < 4.78 is 7.00.